The molecule has 4 fully saturated rings. The molecule has 0 saturated heterocycles. The summed E-state index contributed by atoms with van der Waals surface area (Å²) in [6, 6.07) is 0. The van der Waals surface area contributed by atoms with Gasteiger partial charge in [0.2, 0.25) is 0 Å². The highest BCUT2D eigenvalue weighted by Gasteiger charge is 2.70. The van der Waals surface area contributed by atoms with Crippen LogP contribution in [-0.2, 0) is 14.4 Å². The molecule has 4 saturated carbocycles. The Balaban J connectivity index is 1.80. The van der Waals surface area contributed by atoms with Crippen LogP contribution in [0.5, 0.6) is 0 Å². The van der Waals surface area contributed by atoms with Gasteiger partial charge in [0.15, 0.2) is 0 Å². The predicted molar refractivity (Wildman–Crippen MR) is 83.9 cm³/mol. The molecular formula is C19H25FO4. The van der Waals surface area contributed by atoms with Crippen molar-refractivity contribution >= 4 is 17.3 Å². The summed E-state index contributed by atoms with van der Waals surface area (Å²) >= 11 is 0. The fourth-order valence-corrected chi connectivity index (χ4v) is 6.62. The molecule has 0 heterocycles. The standard InChI is InChI=1S/C19H25FO4/c1-17-9-13(22)16-11(12(17)3-4-15(17)23)7-14(20)19(24)8-10(21)5-6-18(16,19)2/h11-12,14,16,24H,3-9H2,1-2H3/t11-,12-,14+,16+,17-,18+,19-/m0/s1. The summed E-state index contributed by atoms with van der Waals surface area (Å²) in [5.41, 5.74) is -3.31. The van der Waals surface area contributed by atoms with Crippen molar-refractivity contribution in [3.05, 3.63) is 0 Å². The van der Waals surface area contributed by atoms with Gasteiger partial charge in [0.05, 0.1) is 0 Å². The third kappa shape index (κ3) is 1.74. The zero-order valence-corrected chi connectivity index (χ0v) is 14.3. The number of carbonyl (C=O) groups is 3. The topological polar surface area (TPSA) is 71.4 Å². The molecule has 4 aliphatic rings. The van der Waals surface area contributed by atoms with Crippen molar-refractivity contribution < 1.29 is 23.9 Å². The van der Waals surface area contributed by atoms with Gasteiger partial charge in [-0.1, -0.05) is 13.8 Å². The highest BCUT2D eigenvalue weighted by atomic mass is 19.1. The SMILES string of the molecule is C[C@]12CC(=O)[C@H]3[C@@H](C[C@@H](F)[C@@]4(O)CC(=O)CC[C@]34C)[C@@H]1CCC2=O. The first-order valence-electron chi connectivity index (χ1n) is 9.08. The zero-order chi connectivity index (χ0) is 17.5. The van der Waals surface area contributed by atoms with Crippen LogP contribution in [0.4, 0.5) is 4.39 Å². The Morgan fingerprint density at radius 3 is 2.54 bits per heavy atom. The first-order chi connectivity index (χ1) is 11.1. The number of Topliss-reactive ketones (excluding diaryl/α,β-unsaturated/α-hetero) is 3. The van der Waals surface area contributed by atoms with Crippen LogP contribution in [0, 0.1) is 28.6 Å². The van der Waals surface area contributed by atoms with E-state index in [1.165, 1.54) is 0 Å². The van der Waals surface area contributed by atoms with E-state index in [0.29, 0.717) is 25.7 Å². The number of fused-ring (bicyclic) bond motifs is 5. The fourth-order valence-electron chi connectivity index (χ4n) is 6.62. The Morgan fingerprint density at radius 1 is 1.12 bits per heavy atom. The molecule has 0 aromatic heterocycles. The Morgan fingerprint density at radius 2 is 1.83 bits per heavy atom. The van der Waals surface area contributed by atoms with E-state index in [0.717, 1.165) is 0 Å². The third-order valence-electron chi connectivity index (χ3n) is 8.03. The van der Waals surface area contributed by atoms with Crippen molar-refractivity contribution in [3.8, 4) is 0 Å². The van der Waals surface area contributed by atoms with E-state index < -0.39 is 28.5 Å². The van der Waals surface area contributed by atoms with Crippen LogP contribution in [0.15, 0.2) is 0 Å². The molecule has 4 nitrogen and oxygen atoms in total. The van der Waals surface area contributed by atoms with Gasteiger partial charge in [0.25, 0.3) is 0 Å². The normalized spacial score (nSPS) is 54.2. The molecule has 0 spiro atoms. The summed E-state index contributed by atoms with van der Waals surface area (Å²) in [6.07, 6.45) is 0.409. The molecule has 5 heteroatoms. The summed E-state index contributed by atoms with van der Waals surface area (Å²) in [5, 5.41) is 11.1. The highest BCUT2D eigenvalue weighted by Crippen LogP contribution is 2.65. The maximum absolute atomic E-state index is 15.1. The molecule has 0 amide bonds. The van der Waals surface area contributed by atoms with Gasteiger partial charge in [-0.15, -0.1) is 0 Å². The number of halogens is 1. The van der Waals surface area contributed by atoms with E-state index >= 15 is 4.39 Å². The molecule has 1 N–H and O–H groups in total. The molecule has 0 aliphatic heterocycles. The summed E-state index contributed by atoms with van der Waals surface area (Å²) in [5.74, 6) is -0.636. The van der Waals surface area contributed by atoms with Crippen molar-refractivity contribution in [2.45, 2.75) is 70.6 Å². The molecule has 0 radical (unpaired) electrons. The molecule has 4 aliphatic carbocycles. The maximum Gasteiger partial charge on any atom is 0.139 e. The van der Waals surface area contributed by atoms with Gasteiger partial charge in [0.1, 0.15) is 29.1 Å². The lowest BCUT2D eigenvalue weighted by atomic mass is 9.43. The summed E-state index contributed by atoms with van der Waals surface area (Å²) in [7, 11) is 0. The van der Waals surface area contributed by atoms with Crippen molar-refractivity contribution in [2.75, 3.05) is 0 Å². The largest absolute Gasteiger partial charge is 0.386 e. The lowest BCUT2D eigenvalue weighted by molar-refractivity contribution is -0.226. The first kappa shape index (κ1) is 16.4. The van der Waals surface area contributed by atoms with E-state index in [4.69, 9.17) is 0 Å². The Labute approximate surface area is 141 Å². The second-order valence-electron chi connectivity index (χ2n) is 9.03. The second kappa shape index (κ2) is 4.75. The molecule has 0 bridgehead atoms. The molecule has 0 aromatic rings. The summed E-state index contributed by atoms with van der Waals surface area (Å²) in [4.78, 5) is 37.3. The number of alkyl halides is 1. The van der Waals surface area contributed by atoms with Gasteiger partial charge in [-0.05, 0) is 31.1 Å². The summed E-state index contributed by atoms with van der Waals surface area (Å²) in [6.45, 7) is 3.65. The van der Waals surface area contributed by atoms with Crippen molar-refractivity contribution in [3.63, 3.8) is 0 Å². The van der Waals surface area contributed by atoms with Crippen LogP contribution in [-0.4, -0.2) is 34.2 Å². The van der Waals surface area contributed by atoms with Crippen LogP contribution in [0.3, 0.4) is 0 Å². The van der Waals surface area contributed by atoms with E-state index in [1.807, 2.05) is 6.92 Å². The number of hydrogen-bond donors (Lipinski definition) is 1. The maximum atomic E-state index is 15.1. The minimum Gasteiger partial charge on any atom is -0.386 e. The fraction of sp³-hybridized carbons (Fsp3) is 0.842. The van der Waals surface area contributed by atoms with Crippen LogP contribution >= 0.6 is 0 Å². The molecule has 7 atom stereocenters. The minimum atomic E-state index is -1.74. The van der Waals surface area contributed by atoms with Gasteiger partial charge in [-0.25, -0.2) is 4.39 Å². The lowest BCUT2D eigenvalue weighted by Crippen LogP contribution is -2.69. The Bertz CT molecular complexity index is 645. The molecule has 132 valence electrons. The van der Waals surface area contributed by atoms with Crippen molar-refractivity contribution in [2.24, 2.45) is 28.6 Å². The predicted octanol–water partition coefficient (Wildman–Crippen LogP) is 2.41. The van der Waals surface area contributed by atoms with Gasteiger partial charge >= 0.3 is 0 Å². The number of rotatable bonds is 0. The quantitative estimate of drug-likeness (QED) is 0.737. The molecule has 24 heavy (non-hydrogen) atoms. The first-order valence-corrected chi connectivity index (χ1v) is 9.08. The summed E-state index contributed by atoms with van der Waals surface area (Å²) < 4.78 is 15.1. The third-order valence-corrected chi connectivity index (χ3v) is 8.03. The van der Waals surface area contributed by atoms with Crippen molar-refractivity contribution in [1.82, 2.24) is 0 Å². The lowest BCUT2D eigenvalue weighted by Gasteiger charge is -2.62. The number of carbonyl (C=O) groups excluding carboxylic acids is 3. The minimum absolute atomic E-state index is 0.0174. The molecule has 4 rings (SSSR count). The molecule has 0 unspecified atom stereocenters. The average Bonchev–Trinajstić information content (AvgIpc) is 2.78. The van der Waals surface area contributed by atoms with E-state index in [-0.39, 0.29) is 48.4 Å². The van der Waals surface area contributed by atoms with Crippen LogP contribution < -0.4 is 0 Å². The van der Waals surface area contributed by atoms with Crippen LogP contribution in [0.25, 0.3) is 0 Å². The van der Waals surface area contributed by atoms with Crippen LogP contribution in [0.1, 0.15) is 58.8 Å². The van der Waals surface area contributed by atoms with Gasteiger partial charge in [-0.3, -0.25) is 14.4 Å². The van der Waals surface area contributed by atoms with Gasteiger partial charge in [0, 0.05) is 42.4 Å². The van der Waals surface area contributed by atoms with Gasteiger partial charge in [-0.2, -0.15) is 0 Å². The average molecular weight is 336 g/mol. The zero-order valence-electron chi connectivity index (χ0n) is 14.3. The van der Waals surface area contributed by atoms with E-state index in [2.05, 4.69) is 0 Å². The Hall–Kier alpha value is -1.10. The number of aliphatic hydroxyl groups is 1. The number of hydrogen-bond acceptors (Lipinski definition) is 4. The van der Waals surface area contributed by atoms with E-state index in [9.17, 15) is 19.5 Å². The molecular weight excluding hydrogens is 311 g/mol. The van der Waals surface area contributed by atoms with Gasteiger partial charge < -0.3 is 5.11 Å². The monoisotopic (exact) mass is 336 g/mol. The van der Waals surface area contributed by atoms with Crippen LogP contribution in [0.2, 0.25) is 0 Å². The number of ketones is 3. The van der Waals surface area contributed by atoms with Crippen molar-refractivity contribution in [1.29, 1.82) is 0 Å². The van der Waals surface area contributed by atoms with E-state index in [1.54, 1.807) is 6.92 Å². The second-order valence-corrected chi connectivity index (χ2v) is 9.03. The highest BCUT2D eigenvalue weighted by molar-refractivity contribution is 5.95. The Kier molecular flexibility index (Phi) is 3.24. The smallest absolute Gasteiger partial charge is 0.139 e. The molecule has 0 aromatic carbocycles.